The average Bonchev–Trinajstić information content (AvgIpc) is 2.49. The highest BCUT2D eigenvalue weighted by molar-refractivity contribution is 5.94. The molecule has 0 saturated carbocycles. The van der Waals surface area contributed by atoms with E-state index in [9.17, 15) is 9.59 Å². The molecular formula is C16H19N3O2. The number of hydrogen-bond acceptors (Lipinski definition) is 3. The smallest absolute Gasteiger partial charge is 0.245 e. The minimum atomic E-state index is -0.482. The van der Waals surface area contributed by atoms with E-state index in [0.29, 0.717) is 18.7 Å². The Hall–Kier alpha value is -2.35. The highest BCUT2D eigenvalue weighted by atomic mass is 16.2. The first-order chi connectivity index (χ1) is 10.1. The first kappa shape index (κ1) is 15.0. The van der Waals surface area contributed by atoms with Gasteiger partial charge in [0.25, 0.3) is 0 Å². The van der Waals surface area contributed by atoms with Crippen LogP contribution in [0.3, 0.4) is 0 Å². The second-order valence-corrected chi connectivity index (χ2v) is 5.23. The molecule has 21 heavy (non-hydrogen) atoms. The van der Waals surface area contributed by atoms with Gasteiger partial charge in [-0.25, -0.2) is 0 Å². The maximum atomic E-state index is 12.3. The Labute approximate surface area is 124 Å². The summed E-state index contributed by atoms with van der Waals surface area (Å²) in [5.74, 6) is -0.0887. The lowest BCUT2D eigenvalue weighted by molar-refractivity contribution is -0.155. The molecule has 1 saturated heterocycles. The van der Waals surface area contributed by atoms with Gasteiger partial charge in [0.15, 0.2) is 0 Å². The topological polar surface area (TPSA) is 64.4 Å². The molecule has 0 aromatic heterocycles. The van der Waals surface area contributed by atoms with Crippen molar-refractivity contribution in [2.24, 2.45) is 0 Å². The zero-order valence-corrected chi connectivity index (χ0v) is 12.4. The molecule has 2 rings (SSSR count). The van der Waals surface area contributed by atoms with Gasteiger partial charge in [0.2, 0.25) is 11.8 Å². The predicted octanol–water partition coefficient (Wildman–Crippen LogP) is 1.53. The van der Waals surface area contributed by atoms with Gasteiger partial charge in [-0.3, -0.25) is 9.59 Å². The van der Waals surface area contributed by atoms with Crippen molar-refractivity contribution in [2.75, 3.05) is 13.1 Å². The van der Waals surface area contributed by atoms with Crippen LogP contribution in [0.5, 0.6) is 0 Å². The maximum Gasteiger partial charge on any atom is 0.245 e. The van der Waals surface area contributed by atoms with Crippen LogP contribution in [0.1, 0.15) is 31.4 Å². The second kappa shape index (κ2) is 6.40. The zero-order chi connectivity index (χ0) is 15.4. The summed E-state index contributed by atoms with van der Waals surface area (Å²) in [5, 5.41) is 9.12. The van der Waals surface area contributed by atoms with Crippen LogP contribution >= 0.6 is 0 Å². The van der Waals surface area contributed by atoms with E-state index >= 15 is 0 Å². The Morgan fingerprint density at radius 1 is 1.33 bits per heavy atom. The van der Waals surface area contributed by atoms with Crippen LogP contribution in [0.25, 0.3) is 0 Å². The van der Waals surface area contributed by atoms with Crippen LogP contribution in [0.4, 0.5) is 0 Å². The fourth-order valence-electron chi connectivity index (χ4n) is 2.58. The van der Waals surface area contributed by atoms with Crippen molar-refractivity contribution in [3.8, 4) is 6.07 Å². The molecule has 0 unspecified atom stereocenters. The van der Waals surface area contributed by atoms with Crippen molar-refractivity contribution < 1.29 is 9.59 Å². The van der Waals surface area contributed by atoms with Crippen molar-refractivity contribution in [3.05, 3.63) is 35.4 Å². The second-order valence-electron chi connectivity index (χ2n) is 5.23. The maximum absolute atomic E-state index is 12.3. The summed E-state index contributed by atoms with van der Waals surface area (Å²) in [7, 11) is 0. The van der Waals surface area contributed by atoms with Crippen LogP contribution in [0.2, 0.25) is 0 Å². The van der Waals surface area contributed by atoms with Gasteiger partial charge >= 0.3 is 0 Å². The third-order valence-corrected chi connectivity index (χ3v) is 3.76. The lowest BCUT2D eigenvalue weighted by atomic mass is 10.1. The normalized spacial score (nSPS) is 18.8. The van der Waals surface area contributed by atoms with E-state index in [1.54, 1.807) is 28.9 Å². The number of amides is 2. The Bertz CT molecular complexity index is 591. The van der Waals surface area contributed by atoms with E-state index in [-0.39, 0.29) is 18.4 Å². The number of piperazine rings is 1. The van der Waals surface area contributed by atoms with Crippen LogP contribution in [0.15, 0.2) is 24.3 Å². The van der Waals surface area contributed by atoms with Crippen LogP contribution in [-0.2, 0) is 16.1 Å². The zero-order valence-electron chi connectivity index (χ0n) is 12.4. The molecule has 1 aliphatic heterocycles. The third kappa shape index (κ3) is 3.05. The number of hydrogen-bond donors (Lipinski definition) is 0. The number of nitriles is 1. The molecular weight excluding hydrogens is 266 g/mol. The molecule has 0 radical (unpaired) electrons. The van der Waals surface area contributed by atoms with Crippen molar-refractivity contribution in [1.29, 1.82) is 5.26 Å². The summed E-state index contributed by atoms with van der Waals surface area (Å²) in [6, 6.07) is 8.81. The molecule has 0 N–H and O–H groups in total. The standard InChI is InChI=1S/C16H19N3O2/c1-3-8-18-11-15(20)19(12(2)16(18)21)10-14-7-5-4-6-13(14)9-17/h4-7,12H,3,8,10-11H2,1-2H3/t12-/m1/s1. The molecule has 110 valence electrons. The van der Waals surface area contributed by atoms with E-state index < -0.39 is 6.04 Å². The molecule has 0 spiro atoms. The lowest BCUT2D eigenvalue weighted by Crippen LogP contribution is -2.58. The van der Waals surface area contributed by atoms with Gasteiger partial charge in [0.1, 0.15) is 6.04 Å². The molecule has 5 heteroatoms. The van der Waals surface area contributed by atoms with Crippen molar-refractivity contribution in [2.45, 2.75) is 32.9 Å². The molecule has 1 aliphatic rings. The van der Waals surface area contributed by atoms with Gasteiger partial charge < -0.3 is 9.80 Å². The molecule has 0 bridgehead atoms. The van der Waals surface area contributed by atoms with E-state index in [0.717, 1.165) is 12.0 Å². The van der Waals surface area contributed by atoms with E-state index in [4.69, 9.17) is 5.26 Å². The van der Waals surface area contributed by atoms with Gasteiger partial charge in [-0.1, -0.05) is 25.1 Å². The number of benzene rings is 1. The fraction of sp³-hybridized carbons (Fsp3) is 0.438. The summed E-state index contributed by atoms with van der Waals surface area (Å²) >= 11 is 0. The quantitative estimate of drug-likeness (QED) is 0.842. The predicted molar refractivity (Wildman–Crippen MR) is 78.0 cm³/mol. The number of carbonyl (C=O) groups excluding carboxylic acids is 2. The van der Waals surface area contributed by atoms with Gasteiger partial charge in [0, 0.05) is 13.1 Å². The third-order valence-electron chi connectivity index (χ3n) is 3.76. The molecule has 1 atom stereocenters. The Morgan fingerprint density at radius 3 is 2.71 bits per heavy atom. The summed E-state index contributed by atoms with van der Waals surface area (Å²) in [4.78, 5) is 27.7. The highest BCUT2D eigenvalue weighted by Crippen LogP contribution is 2.18. The van der Waals surface area contributed by atoms with Crippen LogP contribution < -0.4 is 0 Å². The molecule has 1 fully saturated rings. The molecule has 1 aromatic carbocycles. The largest absolute Gasteiger partial charge is 0.332 e. The van der Waals surface area contributed by atoms with Gasteiger partial charge in [-0.05, 0) is 25.0 Å². The fourth-order valence-corrected chi connectivity index (χ4v) is 2.58. The van der Waals surface area contributed by atoms with Crippen molar-refractivity contribution in [3.63, 3.8) is 0 Å². The first-order valence-corrected chi connectivity index (χ1v) is 7.14. The molecule has 2 amide bonds. The van der Waals surface area contributed by atoms with Gasteiger partial charge in [-0.15, -0.1) is 0 Å². The summed E-state index contributed by atoms with van der Waals surface area (Å²) in [6.07, 6.45) is 0.836. The Kier molecular flexibility index (Phi) is 4.59. The van der Waals surface area contributed by atoms with Gasteiger partial charge in [0.05, 0.1) is 18.2 Å². The minimum Gasteiger partial charge on any atom is -0.332 e. The Balaban J connectivity index is 2.19. The van der Waals surface area contributed by atoms with E-state index in [1.807, 2.05) is 19.1 Å². The lowest BCUT2D eigenvalue weighted by Gasteiger charge is -2.38. The van der Waals surface area contributed by atoms with E-state index in [1.165, 1.54) is 0 Å². The Morgan fingerprint density at radius 2 is 2.05 bits per heavy atom. The summed E-state index contributed by atoms with van der Waals surface area (Å²) in [6.45, 7) is 4.77. The summed E-state index contributed by atoms with van der Waals surface area (Å²) in [5.41, 5.74) is 1.32. The monoisotopic (exact) mass is 285 g/mol. The van der Waals surface area contributed by atoms with Gasteiger partial charge in [-0.2, -0.15) is 5.26 Å². The molecule has 5 nitrogen and oxygen atoms in total. The number of carbonyl (C=O) groups is 2. The summed E-state index contributed by atoms with van der Waals surface area (Å²) < 4.78 is 0. The molecule has 0 aliphatic carbocycles. The average molecular weight is 285 g/mol. The van der Waals surface area contributed by atoms with Crippen molar-refractivity contribution in [1.82, 2.24) is 9.80 Å². The first-order valence-electron chi connectivity index (χ1n) is 7.14. The SMILES string of the molecule is CCCN1CC(=O)N(Cc2ccccc2C#N)[C@H](C)C1=O. The number of nitrogens with zero attached hydrogens (tertiary/aromatic N) is 3. The highest BCUT2D eigenvalue weighted by Gasteiger charge is 2.36. The van der Waals surface area contributed by atoms with Crippen molar-refractivity contribution >= 4 is 11.8 Å². The molecule has 1 aromatic rings. The van der Waals surface area contributed by atoms with Crippen LogP contribution in [-0.4, -0.2) is 40.7 Å². The van der Waals surface area contributed by atoms with Crippen LogP contribution in [0, 0.1) is 11.3 Å². The number of rotatable bonds is 4. The molecule has 1 heterocycles. The van der Waals surface area contributed by atoms with E-state index in [2.05, 4.69) is 6.07 Å². The minimum absolute atomic E-state index is 0.0223.